The van der Waals surface area contributed by atoms with E-state index in [2.05, 4.69) is 21.4 Å². The van der Waals surface area contributed by atoms with Gasteiger partial charge in [-0.25, -0.2) is 18.7 Å². The summed E-state index contributed by atoms with van der Waals surface area (Å²) in [6, 6.07) is 13.0. The molecule has 0 saturated heterocycles. The quantitative estimate of drug-likeness (QED) is 0.732. The van der Waals surface area contributed by atoms with Crippen molar-refractivity contribution in [2.45, 2.75) is 19.8 Å². The highest BCUT2D eigenvalue weighted by molar-refractivity contribution is 6.03. The van der Waals surface area contributed by atoms with Crippen LogP contribution in [0.25, 0.3) is 0 Å². The maximum absolute atomic E-state index is 13.8. The van der Waals surface area contributed by atoms with Crippen LogP contribution in [0.3, 0.4) is 0 Å². The number of aromatic nitrogens is 2. The van der Waals surface area contributed by atoms with Gasteiger partial charge in [0.25, 0.3) is 5.91 Å². The van der Waals surface area contributed by atoms with Crippen LogP contribution in [-0.2, 0) is 6.42 Å². The first kappa shape index (κ1) is 18.0. The van der Waals surface area contributed by atoms with E-state index in [0.29, 0.717) is 11.6 Å². The lowest BCUT2D eigenvalue weighted by atomic mass is 10.0. The van der Waals surface area contributed by atoms with Gasteiger partial charge >= 0.3 is 0 Å². The summed E-state index contributed by atoms with van der Waals surface area (Å²) in [6.45, 7) is 2.44. The molecular formula is C21H18F2N4O. The van der Waals surface area contributed by atoms with Crippen LogP contribution in [0.5, 0.6) is 0 Å². The van der Waals surface area contributed by atoms with E-state index < -0.39 is 23.2 Å². The first-order chi connectivity index (χ1) is 13.5. The Morgan fingerprint density at radius 1 is 1.07 bits per heavy atom. The Kier molecular flexibility index (Phi) is 4.73. The van der Waals surface area contributed by atoms with Crippen LogP contribution in [0.15, 0.2) is 48.5 Å². The fourth-order valence-electron chi connectivity index (χ4n) is 3.37. The predicted molar refractivity (Wildman–Crippen MR) is 103 cm³/mol. The molecule has 3 aromatic rings. The smallest absolute Gasteiger partial charge is 0.274 e. The van der Waals surface area contributed by atoms with Crippen molar-refractivity contribution in [1.29, 1.82) is 0 Å². The number of carbonyl (C=O) groups excluding carboxylic acids is 1. The van der Waals surface area contributed by atoms with Crippen molar-refractivity contribution in [3.63, 3.8) is 0 Å². The number of rotatable bonds is 3. The molecule has 0 unspecified atom stereocenters. The average Bonchev–Trinajstić information content (AvgIpc) is 2.70. The standard InChI is InChI=1S/C21H18F2N4O/c1-13-24-17(21(28)26-20-15(22)8-4-9-16(20)23)12-19(25-13)27-11-5-7-14-6-2-3-10-18(14)27/h2-4,6,8-10,12H,5,7,11H2,1H3,(H,26,28). The molecule has 1 aromatic heterocycles. The molecule has 28 heavy (non-hydrogen) atoms. The highest BCUT2D eigenvalue weighted by Gasteiger charge is 2.22. The number of amides is 1. The molecule has 2 heterocycles. The molecule has 1 N–H and O–H groups in total. The molecule has 0 radical (unpaired) electrons. The molecule has 7 heteroatoms. The Hall–Kier alpha value is -3.35. The average molecular weight is 380 g/mol. The molecule has 1 aliphatic rings. The minimum Gasteiger partial charge on any atom is -0.326 e. The Bertz CT molecular complexity index is 1030. The van der Waals surface area contributed by atoms with Gasteiger partial charge in [0.1, 0.15) is 34.7 Å². The van der Waals surface area contributed by atoms with Crippen LogP contribution in [0.1, 0.15) is 28.3 Å². The van der Waals surface area contributed by atoms with Gasteiger partial charge in [0.05, 0.1) is 0 Å². The minimum atomic E-state index is -0.843. The van der Waals surface area contributed by atoms with Gasteiger partial charge in [0.15, 0.2) is 0 Å². The van der Waals surface area contributed by atoms with Crippen molar-refractivity contribution in [1.82, 2.24) is 9.97 Å². The van der Waals surface area contributed by atoms with E-state index >= 15 is 0 Å². The van der Waals surface area contributed by atoms with Gasteiger partial charge in [-0.3, -0.25) is 4.79 Å². The second kappa shape index (κ2) is 7.34. The van der Waals surface area contributed by atoms with E-state index in [4.69, 9.17) is 0 Å². The fraction of sp³-hybridized carbons (Fsp3) is 0.190. The lowest BCUT2D eigenvalue weighted by molar-refractivity contribution is 0.102. The third-order valence-electron chi connectivity index (χ3n) is 4.65. The van der Waals surface area contributed by atoms with Crippen LogP contribution >= 0.6 is 0 Å². The molecule has 0 aliphatic carbocycles. The maximum Gasteiger partial charge on any atom is 0.274 e. The Morgan fingerprint density at radius 3 is 2.61 bits per heavy atom. The van der Waals surface area contributed by atoms with Crippen LogP contribution in [0.4, 0.5) is 26.0 Å². The second-order valence-corrected chi connectivity index (χ2v) is 6.59. The first-order valence-corrected chi connectivity index (χ1v) is 8.99. The lowest BCUT2D eigenvalue weighted by Gasteiger charge is -2.30. The van der Waals surface area contributed by atoms with Crippen molar-refractivity contribution in [2.75, 3.05) is 16.8 Å². The van der Waals surface area contributed by atoms with Gasteiger partial charge in [-0.1, -0.05) is 24.3 Å². The fourth-order valence-corrected chi connectivity index (χ4v) is 3.37. The molecule has 0 fully saturated rings. The summed E-state index contributed by atoms with van der Waals surface area (Å²) in [5.41, 5.74) is 1.81. The molecule has 1 aliphatic heterocycles. The number of carbonyl (C=O) groups is 1. The molecule has 1 amide bonds. The summed E-state index contributed by atoms with van der Waals surface area (Å²) in [4.78, 5) is 23.2. The van der Waals surface area contributed by atoms with Crippen molar-refractivity contribution in [3.05, 3.63) is 77.2 Å². The Morgan fingerprint density at radius 2 is 1.82 bits per heavy atom. The molecule has 0 spiro atoms. The van der Waals surface area contributed by atoms with Gasteiger partial charge < -0.3 is 10.2 Å². The first-order valence-electron chi connectivity index (χ1n) is 8.99. The van der Waals surface area contributed by atoms with E-state index in [1.165, 1.54) is 11.6 Å². The topological polar surface area (TPSA) is 58.1 Å². The Labute approximate surface area is 161 Å². The zero-order valence-electron chi connectivity index (χ0n) is 15.2. The summed E-state index contributed by atoms with van der Waals surface area (Å²) in [7, 11) is 0. The number of hydrogen-bond acceptors (Lipinski definition) is 4. The van der Waals surface area contributed by atoms with Crippen molar-refractivity contribution >= 4 is 23.1 Å². The maximum atomic E-state index is 13.8. The third-order valence-corrected chi connectivity index (χ3v) is 4.65. The lowest BCUT2D eigenvalue weighted by Crippen LogP contribution is -2.26. The van der Waals surface area contributed by atoms with Crippen LogP contribution in [0, 0.1) is 18.6 Å². The van der Waals surface area contributed by atoms with E-state index in [-0.39, 0.29) is 5.69 Å². The summed E-state index contributed by atoms with van der Waals surface area (Å²) in [5.74, 6) is -1.40. The van der Waals surface area contributed by atoms with E-state index in [1.54, 1.807) is 13.0 Å². The molecule has 4 rings (SSSR count). The number of nitrogens with zero attached hydrogens (tertiary/aromatic N) is 3. The van der Waals surface area contributed by atoms with Crippen LogP contribution < -0.4 is 10.2 Å². The number of anilines is 3. The van der Waals surface area contributed by atoms with Gasteiger partial charge in [-0.2, -0.15) is 0 Å². The zero-order valence-corrected chi connectivity index (χ0v) is 15.2. The monoisotopic (exact) mass is 380 g/mol. The number of hydrogen-bond donors (Lipinski definition) is 1. The second-order valence-electron chi connectivity index (χ2n) is 6.59. The van der Waals surface area contributed by atoms with Gasteiger partial charge in [-0.05, 0) is 43.5 Å². The molecule has 2 aromatic carbocycles. The highest BCUT2D eigenvalue weighted by Crippen LogP contribution is 2.32. The molecule has 5 nitrogen and oxygen atoms in total. The number of aryl methyl sites for hydroxylation is 2. The van der Waals surface area contributed by atoms with Crippen molar-refractivity contribution in [2.24, 2.45) is 0 Å². The summed E-state index contributed by atoms with van der Waals surface area (Å²) in [5, 5.41) is 2.27. The molecule has 0 bridgehead atoms. The summed E-state index contributed by atoms with van der Waals surface area (Å²) in [6.07, 6.45) is 1.94. The number of nitrogens with one attached hydrogen (secondary N) is 1. The van der Waals surface area contributed by atoms with Gasteiger partial charge in [0.2, 0.25) is 0 Å². The molecule has 142 valence electrons. The normalized spacial score (nSPS) is 13.2. The van der Waals surface area contributed by atoms with Gasteiger partial charge in [-0.15, -0.1) is 0 Å². The zero-order chi connectivity index (χ0) is 19.7. The number of fused-ring (bicyclic) bond motifs is 1. The highest BCUT2D eigenvalue weighted by atomic mass is 19.1. The summed E-state index contributed by atoms with van der Waals surface area (Å²) < 4.78 is 27.7. The minimum absolute atomic E-state index is 0.0493. The van der Waals surface area contributed by atoms with Crippen molar-refractivity contribution in [3.8, 4) is 0 Å². The molecular weight excluding hydrogens is 362 g/mol. The number of benzene rings is 2. The SMILES string of the molecule is Cc1nc(C(=O)Nc2c(F)cccc2F)cc(N2CCCc3ccccc32)n1. The van der Waals surface area contributed by atoms with Crippen LogP contribution in [-0.4, -0.2) is 22.4 Å². The van der Waals surface area contributed by atoms with E-state index in [9.17, 15) is 13.6 Å². The van der Waals surface area contributed by atoms with Crippen LogP contribution in [0.2, 0.25) is 0 Å². The number of para-hydroxylation sites is 2. The Balaban J connectivity index is 1.68. The predicted octanol–water partition coefficient (Wildman–Crippen LogP) is 4.40. The van der Waals surface area contributed by atoms with E-state index in [0.717, 1.165) is 37.2 Å². The largest absolute Gasteiger partial charge is 0.326 e. The molecule has 0 saturated carbocycles. The molecule has 0 atom stereocenters. The van der Waals surface area contributed by atoms with Gasteiger partial charge in [0, 0.05) is 18.3 Å². The summed E-state index contributed by atoms with van der Waals surface area (Å²) >= 11 is 0. The third kappa shape index (κ3) is 3.43. The van der Waals surface area contributed by atoms with E-state index in [1.807, 2.05) is 23.1 Å². The number of halogens is 2. The van der Waals surface area contributed by atoms with Crippen molar-refractivity contribution < 1.29 is 13.6 Å².